The number of nitrogens with zero attached hydrogens (tertiary/aromatic N) is 2. The molecule has 1 N–H and O–H groups in total. The molecular formula is C9H15N3O2S. The van der Waals surface area contributed by atoms with Crippen molar-refractivity contribution in [1.82, 2.24) is 15.1 Å². The molecule has 5 nitrogen and oxygen atoms in total. The topological polar surface area (TPSA) is 44.8 Å². The molecule has 2 fully saturated rings. The maximum atomic E-state index is 11.4. The van der Waals surface area contributed by atoms with Gasteiger partial charge in [-0.05, 0) is 12.2 Å². The van der Waals surface area contributed by atoms with Crippen LogP contribution in [0.1, 0.15) is 0 Å². The van der Waals surface area contributed by atoms with Crippen LogP contribution in [0.2, 0.25) is 0 Å². The number of hydrogen-bond donors (Lipinski definition) is 1. The van der Waals surface area contributed by atoms with Crippen molar-refractivity contribution >= 4 is 23.2 Å². The van der Waals surface area contributed by atoms with Crippen LogP contribution in [0.3, 0.4) is 0 Å². The standard InChI is InChI=1S/C9H15N3O2S/c13-8-7-10-9(15)12(8)2-1-11-3-5-14-6-4-11/h1-7H2,(H,10,15). The van der Waals surface area contributed by atoms with Crippen molar-refractivity contribution in [3.63, 3.8) is 0 Å². The molecule has 0 aromatic carbocycles. The summed E-state index contributed by atoms with van der Waals surface area (Å²) in [7, 11) is 0. The van der Waals surface area contributed by atoms with Crippen molar-refractivity contribution in [2.45, 2.75) is 0 Å². The van der Waals surface area contributed by atoms with Crippen LogP contribution < -0.4 is 5.32 Å². The average Bonchev–Trinajstić information content (AvgIpc) is 2.58. The fourth-order valence-corrected chi connectivity index (χ4v) is 2.01. The Kier molecular flexibility index (Phi) is 3.50. The van der Waals surface area contributed by atoms with Crippen LogP contribution in [0, 0.1) is 0 Å². The molecule has 2 aliphatic rings. The molecule has 6 heteroatoms. The SMILES string of the molecule is O=C1CNC(=S)N1CCN1CCOCC1. The maximum absolute atomic E-state index is 11.4. The molecule has 0 saturated carbocycles. The van der Waals surface area contributed by atoms with Crippen molar-refractivity contribution in [2.24, 2.45) is 0 Å². The van der Waals surface area contributed by atoms with Gasteiger partial charge in [0.25, 0.3) is 0 Å². The summed E-state index contributed by atoms with van der Waals surface area (Å²) in [6.45, 7) is 5.38. The smallest absolute Gasteiger partial charge is 0.248 e. The van der Waals surface area contributed by atoms with Crippen LogP contribution in [0.25, 0.3) is 0 Å². The minimum Gasteiger partial charge on any atom is -0.379 e. The Bertz CT molecular complexity index is 250. The summed E-state index contributed by atoms with van der Waals surface area (Å²) in [6, 6.07) is 0. The monoisotopic (exact) mass is 229 g/mol. The second kappa shape index (κ2) is 4.87. The summed E-state index contributed by atoms with van der Waals surface area (Å²) in [5.74, 6) is 0.0771. The Balaban J connectivity index is 1.76. The lowest BCUT2D eigenvalue weighted by Gasteiger charge is -2.28. The second-order valence-corrected chi connectivity index (χ2v) is 4.04. The highest BCUT2D eigenvalue weighted by molar-refractivity contribution is 7.80. The highest BCUT2D eigenvalue weighted by atomic mass is 32.1. The molecule has 0 aromatic heterocycles. The van der Waals surface area contributed by atoms with Gasteiger partial charge in [-0.1, -0.05) is 0 Å². The predicted molar refractivity (Wildman–Crippen MR) is 59.6 cm³/mol. The summed E-state index contributed by atoms with van der Waals surface area (Å²) in [4.78, 5) is 15.3. The minimum absolute atomic E-state index is 0.0771. The zero-order valence-corrected chi connectivity index (χ0v) is 9.39. The van der Waals surface area contributed by atoms with Gasteiger partial charge >= 0.3 is 0 Å². The van der Waals surface area contributed by atoms with Crippen molar-refractivity contribution < 1.29 is 9.53 Å². The van der Waals surface area contributed by atoms with Gasteiger partial charge in [-0.15, -0.1) is 0 Å². The van der Waals surface area contributed by atoms with E-state index in [-0.39, 0.29) is 5.91 Å². The van der Waals surface area contributed by atoms with E-state index in [1.807, 2.05) is 0 Å². The zero-order valence-electron chi connectivity index (χ0n) is 8.57. The number of ether oxygens (including phenoxy) is 1. The fraction of sp³-hybridized carbons (Fsp3) is 0.778. The zero-order chi connectivity index (χ0) is 10.7. The number of carbonyl (C=O) groups excluding carboxylic acids is 1. The molecule has 0 radical (unpaired) electrons. The lowest BCUT2D eigenvalue weighted by atomic mass is 10.4. The molecule has 2 rings (SSSR count). The van der Waals surface area contributed by atoms with Crippen LogP contribution >= 0.6 is 12.2 Å². The molecule has 1 amide bonds. The largest absolute Gasteiger partial charge is 0.379 e. The van der Waals surface area contributed by atoms with Crippen LogP contribution in [-0.4, -0.2) is 66.8 Å². The van der Waals surface area contributed by atoms with E-state index in [1.165, 1.54) is 0 Å². The third-order valence-electron chi connectivity index (χ3n) is 2.68. The van der Waals surface area contributed by atoms with Gasteiger partial charge in [0.2, 0.25) is 5.91 Å². The lowest BCUT2D eigenvalue weighted by molar-refractivity contribution is -0.124. The van der Waals surface area contributed by atoms with Crippen LogP contribution in [0.15, 0.2) is 0 Å². The Morgan fingerprint density at radius 3 is 2.67 bits per heavy atom. The van der Waals surface area contributed by atoms with Crippen molar-refractivity contribution in [3.8, 4) is 0 Å². The van der Waals surface area contributed by atoms with E-state index in [2.05, 4.69) is 10.2 Å². The first-order chi connectivity index (χ1) is 7.27. The quantitative estimate of drug-likeness (QED) is 0.631. The lowest BCUT2D eigenvalue weighted by Crippen LogP contribution is -2.43. The number of rotatable bonds is 3. The van der Waals surface area contributed by atoms with Gasteiger partial charge < -0.3 is 10.1 Å². The highest BCUT2D eigenvalue weighted by Crippen LogP contribution is 2.01. The molecule has 84 valence electrons. The van der Waals surface area contributed by atoms with Gasteiger partial charge in [0.1, 0.15) is 0 Å². The number of hydrogen-bond acceptors (Lipinski definition) is 4. The normalized spacial score (nSPS) is 23.3. The van der Waals surface area contributed by atoms with E-state index in [4.69, 9.17) is 17.0 Å². The number of nitrogens with one attached hydrogen (secondary N) is 1. The Morgan fingerprint density at radius 1 is 1.33 bits per heavy atom. The number of carbonyl (C=O) groups is 1. The van der Waals surface area contributed by atoms with Gasteiger partial charge in [0.15, 0.2) is 5.11 Å². The van der Waals surface area contributed by atoms with E-state index in [0.717, 1.165) is 32.8 Å². The predicted octanol–water partition coefficient (Wildman–Crippen LogP) is -0.965. The molecule has 0 aliphatic carbocycles. The Hall–Kier alpha value is -0.720. The molecule has 2 aliphatic heterocycles. The number of morpholine rings is 1. The molecule has 2 saturated heterocycles. The maximum Gasteiger partial charge on any atom is 0.248 e. The second-order valence-electron chi connectivity index (χ2n) is 3.66. The van der Waals surface area contributed by atoms with Crippen LogP contribution in [0.5, 0.6) is 0 Å². The third kappa shape index (κ3) is 2.64. The van der Waals surface area contributed by atoms with Crippen molar-refractivity contribution in [3.05, 3.63) is 0 Å². The molecule has 0 atom stereocenters. The summed E-state index contributed by atoms with van der Waals surface area (Å²) >= 11 is 5.04. The molecule has 0 unspecified atom stereocenters. The van der Waals surface area contributed by atoms with Gasteiger partial charge in [-0.3, -0.25) is 14.6 Å². The molecular weight excluding hydrogens is 214 g/mol. The van der Waals surface area contributed by atoms with Gasteiger partial charge in [-0.25, -0.2) is 0 Å². The number of amides is 1. The Morgan fingerprint density at radius 2 is 2.07 bits per heavy atom. The first-order valence-electron chi connectivity index (χ1n) is 5.15. The van der Waals surface area contributed by atoms with E-state index in [1.54, 1.807) is 4.90 Å². The van der Waals surface area contributed by atoms with Crippen molar-refractivity contribution in [1.29, 1.82) is 0 Å². The molecule has 2 heterocycles. The van der Waals surface area contributed by atoms with E-state index in [9.17, 15) is 4.79 Å². The molecule has 0 aromatic rings. The highest BCUT2D eigenvalue weighted by Gasteiger charge is 2.25. The fourth-order valence-electron chi connectivity index (χ4n) is 1.75. The van der Waals surface area contributed by atoms with Gasteiger partial charge in [-0.2, -0.15) is 0 Å². The van der Waals surface area contributed by atoms with Crippen LogP contribution in [-0.2, 0) is 9.53 Å². The summed E-state index contributed by atoms with van der Waals surface area (Å²) < 4.78 is 5.25. The number of thiocarbonyl (C=S) groups is 1. The van der Waals surface area contributed by atoms with Crippen molar-refractivity contribution in [2.75, 3.05) is 45.9 Å². The average molecular weight is 229 g/mol. The van der Waals surface area contributed by atoms with E-state index in [0.29, 0.717) is 18.2 Å². The summed E-state index contributed by atoms with van der Waals surface area (Å²) in [5, 5.41) is 3.43. The third-order valence-corrected chi connectivity index (χ3v) is 3.05. The summed E-state index contributed by atoms with van der Waals surface area (Å²) in [6.07, 6.45) is 0. The first kappa shape index (κ1) is 10.8. The molecule has 15 heavy (non-hydrogen) atoms. The molecule has 0 bridgehead atoms. The van der Waals surface area contributed by atoms with Crippen LogP contribution in [0.4, 0.5) is 0 Å². The van der Waals surface area contributed by atoms with Gasteiger partial charge in [0.05, 0.1) is 19.8 Å². The molecule has 0 spiro atoms. The Labute approximate surface area is 94.4 Å². The van der Waals surface area contributed by atoms with E-state index < -0.39 is 0 Å². The van der Waals surface area contributed by atoms with Gasteiger partial charge in [0, 0.05) is 26.2 Å². The first-order valence-corrected chi connectivity index (χ1v) is 5.56. The minimum atomic E-state index is 0.0771. The van der Waals surface area contributed by atoms with E-state index >= 15 is 0 Å². The summed E-state index contributed by atoms with van der Waals surface area (Å²) in [5.41, 5.74) is 0.